The first-order chi connectivity index (χ1) is 14.8. The zero-order valence-electron chi connectivity index (χ0n) is 17.1. The van der Waals surface area contributed by atoms with Crippen LogP contribution in [0, 0.1) is 17.2 Å². The van der Waals surface area contributed by atoms with E-state index in [4.69, 9.17) is 19.7 Å². The standard InChI is InChI=1S/C25H25N3O2/c1-29-22-8-6-21(7-9-22)25-24(20-4-2-18(15-26)3-5-20)14-23(16-28-25)30-17-19-10-12-27-13-11-19/h2-9,14,16,19,27H,10-13,17H2,1H3. The van der Waals surface area contributed by atoms with Crippen molar-refractivity contribution in [2.45, 2.75) is 12.8 Å². The Morgan fingerprint density at radius 1 is 1.00 bits per heavy atom. The number of rotatable bonds is 6. The molecule has 30 heavy (non-hydrogen) atoms. The molecule has 2 heterocycles. The number of hydrogen-bond donors (Lipinski definition) is 1. The molecule has 1 aromatic heterocycles. The van der Waals surface area contributed by atoms with Gasteiger partial charge in [0.1, 0.15) is 11.5 Å². The quantitative estimate of drug-likeness (QED) is 0.652. The molecule has 0 unspecified atom stereocenters. The molecule has 0 spiro atoms. The van der Waals surface area contributed by atoms with Crippen LogP contribution in [0.15, 0.2) is 60.8 Å². The van der Waals surface area contributed by atoms with Crippen molar-refractivity contribution in [1.82, 2.24) is 10.3 Å². The second kappa shape index (κ2) is 9.43. The van der Waals surface area contributed by atoms with E-state index in [0.29, 0.717) is 18.1 Å². The number of methoxy groups -OCH3 is 1. The van der Waals surface area contributed by atoms with Gasteiger partial charge in [-0.15, -0.1) is 0 Å². The number of nitriles is 1. The van der Waals surface area contributed by atoms with Crippen molar-refractivity contribution < 1.29 is 9.47 Å². The highest BCUT2D eigenvalue weighted by atomic mass is 16.5. The summed E-state index contributed by atoms with van der Waals surface area (Å²) < 4.78 is 11.4. The molecule has 152 valence electrons. The summed E-state index contributed by atoms with van der Waals surface area (Å²) in [6, 6.07) is 19.7. The minimum atomic E-state index is 0.575. The summed E-state index contributed by atoms with van der Waals surface area (Å²) >= 11 is 0. The number of piperidine rings is 1. The second-order valence-corrected chi connectivity index (χ2v) is 7.49. The topological polar surface area (TPSA) is 67.2 Å². The van der Waals surface area contributed by atoms with Crippen LogP contribution in [0.1, 0.15) is 18.4 Å². The Morgan fingerprint density at radius 3 is 2.37 bits per heavy atom. The van der Waals surface area contributed by atoms with Gasteiger partial charge in [-0.25, -0.2) is 0 Å². The molecule has 4 rings (SSSR count). The van der Waals surface area contributed by atoms with Crippen LogP contribution in [0.5, 0.6) is 11.5 Å². The number of nitrogens with one attached hydrogen (secondary N) is 1. The smallest absolute Gasteiger partial charge is 0.138 e. The molecule has 0 saturated carbocycles. The summed E-state index contributed by atoms with van der Waals surface area (Å²) in [5.41, 5.74) is 4.49. The lowest BCUT2D eigenvalue weighted by Gasteiger charge is -2.22. The molecule has 0 aliphatic carbocycles. The highest BCUT2D eigenvalue weighted by Crippen LogP contribution is 2.34. The molecular formula is C25H25N3O2. The van der Waals surface area contributed by atoms with Crippen LogP contribution >= 0.6 is 0 Å². The minimum absolute atomic E-state index is 0.575. The van der Waals surface area contributed by atoms with E-state index in [9.17, 15) is 0 Å². The average Bonchev–Trinajstić information content (AvgIpc) is 2.83. The van der Waals surface area contributed by atoms with Crippen molar-refractivity contribution in [3.63, 3.8) is 0 Å². The van der Waals surface area contributed by atoms with Crippen LogP contribution < -0.4 is 14.8 Å². The number of pyridine rings is 1. The van der Waals surface area contributed by atoms with Gasteiger partial charge in [-0.1, -0.05) is 12.1 Å². The maximum absolute atomic E-state index is 9.12. The first-order valence-electron chi connectivity index (χ1n) is 10.3. The number of hydrogen-bond acceptors (Lipinski definition) is 5. The molecule has 1 N–H and O–H groups in total. The first kappa shape index (κ1) is 19.9. The van der Waals surface area contributed by atoms with Gasteiger partial charge in [-0.05, 0) is 79.9 Å². The predicted molar refractivity (Wildman–Crippen MR) is 117 cm³/mol. The van der Waals surface area contributed by atoms with Crippen LogP contribution in [-0.4, -0.2) is 31.8 Å². The molecule has 1 saturated heterocycles. The second-order valence-electron chi connectivity index (χ2n) is 7.49. The van der Waals surface area contributed by atoms with Gasteiger partial charge in [-0.3, -0.25) is 4.98 Å². The highest BCUT2D eigenvalue weighted by Gasteiger charge is 2.15. The van der Waals surface area contributed by atoms with Gasteiger partial charge in [0.2, 0.25) is 0 Å². The van der Waals surface area contributed by atoms with E-state index in [1.54, 1.807) is 13.3 Å². The van der Waals surface area contributed by atoms with Crippen LogP contribution in [0.3, 0.4) is 0 Å². The maximum Gasteiger partial charge on any atom is 0.138 e. The van der Waals surface area contributed by atoms with E-state index in [1.807, 2.05) is 48.5 Å². The lowest BCUT2D eigenvalue weighted by atomic mass is 9.98. The molecule has 5 heteroatoms. The van der Waals surface area contributed by atoms with Crippen LogP contribution in [-0.2, 0) is 0 Å². The van der Waals surface area contributed by atoms with Crippen molar-refractivity contribution >= 4 is 0 Å². The van der Waals surface area contributed by atoms with E-state index in [-0.39, 0.29) is 0 Å². The van der Waals surface area contributed by atoms with Gasteiger partial charge in [0, 0.05) is 11.1 Å². The summed E-state index contributed by atoms with van der Waals surface area (Å²) in [7, 11) is 1.66. The van der Waals surface area contributed by atoms with Crippen molar-refractivity contribution in [2.24, 2.45) is 5.92 Å². The Kier molecular flexibility index (Phi) is 6.26. The van der Waals surface area contributed by atoms with Crippen LogP contribution in [0.25, 0.3) is 22.4 Å². The molecule has 1 aliphatic heterocycles. The van der Waals surface area contributed by atoms with Gasteiger partial charge >= 0.3 is 0 Å². The minimum Gasteiger partial charge on any atom is -0.497 e. The predicted octanol–water partition coefficient (Wildman–Crippen LogP) is 4.67. The SMILES string of the molecule is COc1ccc(-c2ncc(OCC3CCNCC3)cc2-c2ccc(C#N)cc2)cc1. The lowest BCUT2D eigenvalue weighted by molar-refractivity contribution is 0.215. The van der Waals surface area contributed by atoms with Gasteiger partial charge in [-0.2, -0.15) is 5.26 Å². The van der Waals surface area contributed by atoms with Crippen molar-refractivity contribution in [3.05, 3.63) is 66.4 Å². The van der Waals surface area contributed by atoms with Crippen molar-refractivity contribution in [2.75, 3.05) is 26.8 Å². The number of ether oxygens (including phenoxy) is 2. The molecule has 1 fully saturated rings. The molecule has 0 radical (unpaired) electrons. The zero-order valence-corrected chi connectivity index (χ0v) is 17.1. The molecular weight excluding hydrogens is 374 g/mol. The van der Waals surface area contributed by atoms with Gasteiger partial charge in [0.25, 0.3) is 0 Å². The van der Waals surface area contributed by atoms with E-state index in [2.05, 4.69) is 17.5 Å². The van der Waals surface area contributed by atoms with Gasteiger partial charge in [0.15, 0.2) is 0 Å². The lowest BCUT2D eigenvalue weighted by Crippen LogP contribution is -2.30. The fraction of sp³-hybridized carbons (Fsp3) is 0.280. The summed E-state index contributed by atoms with van der Waals surface area (Å²) in [5.74, 6) is 2.15. The van der Waals surface area contributed by atoms with Gasteiger partial charge in [0.05, 0.1) is 37.2 Å². The Bertz CT molecular complexity index is 1020. The van der Waals surface area contributed by atoms with E-state index in [0.717, 1.165) is 59.8 Å². The molecule has 0 atom stereocenters. The molecule has 0 amide bonds. The maximum atomic E-state index is 9.12. The highest BCUT2D eigenvalue weighted by molar-refractivity contribution is 5.81. The van der Waals surface area contributed by atoms with E-state index >= 15 is 0 Å². The molecule has 0 bridgehead atoms. The summed E-state index contributed by atoms with van der Waals surface area (Å²) in [4.78, 5) is 4.74. The third kappa shape index (κ3) is 4.61. The number of benzene rings is 2. The van der Waals surface area contributed by atoms with Gasteiger partial charge < -0.3 is 14.8 Å². The monoisotopic (exact) mass is 399 g/mol. The van der Waals surface area contributed by atoms with E-state index in [1.165, 1.54) is 0 Å². The third-order valence-electron chi connectivity index (χ3n) is 5.50. The zero-order chi connectivity index (χ0) is 20.8. The fourth-order valence-electron chi connectivity index (χ4n) is 3.71. The molecule has 2 aromatic carbocycles. The Morgan fingerprint density at radius 2 is 1.70 bits per heavy atom. The molecule has 1 aliphatic rings. The summed E-state index contributed by atoms with van der Waals surface area (Å²) in [5, 5.41) is 12.5. The Hall–Kier alpha value is -3.36. The largest absolute Gasteiger partial charge is 0.497 e. The summed E-state index contributed by atoms with van der Waals surface area (Å²) in [6.45, 7) is 2.82. The Labute approximate surface area is 177 Å². The van der Waals surface area contributed by atoms with Crippen LogP contribution in [0.2, 0.25) is 0 Å². The number of aromatic nitrogens is 1. The Balaban J connectivity index is 1.66. The van der Waals surface area contributed by atoms with Crippen molar-refractivity contribution in [3.8, 4) is 40.0 Å². The number of nitrogens with zero attached hydrogens (tertiary/aromatic N) is 2. The summed E-state index contributed by atoms with van der Waals surface area (Å²) in [6.07, 6.45) is 4.08. The van der Waals surface area contributed by atoms with Crippen molar-refractivity contribution in [1.29, 1.82) is 5.26 Å². The first-order valence-corrected chi connectivity index (χ1v) is 10.3. The van der Waals surface area contributed by atoms with Crippen LogP contribution in [0.4, 0.5) is 0 Å². The third-order valence-corrected chi connectivity index (χ3v) is 5.50. The van der Waals surface area contributed by atoms with E-state index < -0.39 is 0 Å². The molecule has 5 nitrogen and oxygen atoms in total. The fourth-order valence-corrected chi connectivity index (χ4v) is 3.71. The molecule has 3 aromatic rings. The average molecular weight is 399 g/mol. The normalized spacial score (nSPS) is 14.1.